The van der Waals surface area contributed by atoms with Crippen LogP contribution in [0.2, 0.25) is 0 Å². The first kappa shape index (κ1) is 24.5. The fourth-order valence-electron chi connectivity index (χ4n) is 3.72. The summed E-state index contributed by atoms with van der Waals surface area (Å²) in [5.74, 6) is 0.248. The van der Waals surface area contributed by atoms with Crippen LogP contribution in [0.4, 0.5) is 10.8 Å². The number of nitrogens with one attached hydrogen (secondary N) is 2. The molecule has 5 rings (SSSR count). The van der Waals surface area contributed by atoms with Gasteiger partial charge in [0.1, 0.15) is 11.0 Å². The number of carbonyl (C=O) groups is 2. The number of aromatic nitrogens is 1. The molecule has 1 aromatic heterocycles. The molecule has 0 bridgehead atoms. The molecule has 0 aliphatic rings. The Morgan fingerprint density at radius 2 is 1.62 bits per heavy atom. The number of para-hydroxylation sites is 1. The Labute approximate surface area is 222 Å². The van der Waals surface area contributed by atoms with E-state index in [0.717, 1.165) is 20.7 Å². The van der Waals surface area contributed by atoms with Crippen LogP contribution < -0.4 is 15.4 Å². The number of carbonyl (C=O) groups excluding carboxylic acids is 2. The molecule has 2 amide bonds. The van der Waals surface area contributed by atoms with E-state index >= 15 is 0 Å². The van der Waals surface area contributed by atoms with Gasteiger partial charge >= 0.3 is 0 Å². The van der Waals surface area contributed by atoms with Crippen LogP contribution in [-0.2, 0) is 4.79 Å². The highest BCUT2D eigenvalue weighted by molar-refractivity contribution is 8.00. The Bertz CT molecular complexity index is 1500. The van der Waals surface area contributed by atoms with Gasteiger partial charge in [-0.2, -0.15) is 0 Å². The molecule has 5 aromatic rings. The number of amides is 2. The van der Waals surface area contributed by atoms with Crippen LogP contribution >= 0.6 is 23.1 Å². The number of thiazole rings is 1. The molecule has 4 aromatic carbocycles. The number of methoxy groups -OCH3 is 1. The van der Waals surface area contributed by atoms with Crippen LogP contribution in [0.5, 0.6) is 5.75 Å². The van der Waals surface area contributed by atoms with Gasteiger partial charge in [-0.3, -0.25) is 9.59 Å². The number of thioether (sulfide) groups is 1. The van der Waals surface area contributed by atoms with Gasteiger partial charge in [0, 0.05) is 16.1 Å². The molecule has 2 N–H and O–H groups in total. The minimum Gasteiger partial charge on any atom is -0.497 e. The van der Waals surface area contributed by atoms with E-state index in [2.05, 4.69) is 15.6 Å². The molecule has 1 unspecified atom stereocenters. The molecule has 1 atom stereocenters. The second-order valence-electron chi connectivity index (χ2n) is 8.10. The number of hydrogen-bond donors (Lipinski definition) is 2. The zero-order valence-corrected chi connectivity index (χ0v) is 21.5. The van der Waals surface area contributed by atoms with Gasteiger partial charge in [-0.1, -0.05) is 59.9 Å². The molecule has 0 radical (unpaired) electrons. The first-order valence-corrected chi connectivity index (χ1v) is 13.2. The normalized spacial score (nSPS) is 11.6. The highest BCUT2D eigenvalue weighted by Gasteiger charge is 2.23. The van der Waals surface area contributed by atoms with Crippen LogP contribution in [0.3, 0.4) is 0 Å². The predicted octanol–water partition coefficient (Wildman–Crippen LogP) is 7.03. The highest BCUT2D eigenvalue weighted by atomic mass is 32.2. The van der Waals surface area contributed by atoms with Gasteiger partial charge in [0.2, 0.25) is 5.91 Å². The summed E-state index contributed by atoms with van der Waals surface area (Å²) < 4.78 is 6.22. The molecule has 1 heterocycles. The minimum absolute atomic E-state index is 0.148. The maximum absolute atomic E-state index is 13.4. The van der Waals surface area contributed by atoms with Crippen molar-refractivity contribution in [1.82, 2.24) is 4.98 Å². The van der Waals surface area contributed by atoms with Crippen LogP contribution in [0, 0.1) is 0 Å². The summed E-state index contributed by atoms with van der Waals surface area (Å²) in [6.07, 6.45) is 0. The Morgan fingerprint density at radius 1 is 0.865 bits per heavy atom. The van der Waals surface area contributed by atoms with E-state index in [0.29, 0.717) is 22.1 Å². The fraction of sp³-hybridized carbons (Fsp3) is 0.0690. The quantitative estimate of drug-likeness (QED) is 0.213. The number of anilines is 2. The lowest BCUT2D eigenvalue weighted by Gasteiger charge is -2.16. The van der Waals surface area contributed by atoms with Crippen molar-refractivity contribution < 1.29 is 14.3 Å². The summed E-state index contributed by atoms with van der Waals surface area (Å²) in [4.78, 5) is 31.4. The van der Waals surface area contributed by atoms with Crippen molar-refractivity contribution in [2.75, 3.05) is 17.7 Å². The van der Waals surface area contributed by atoms with E-state index in [-0.39, 0.29) is 11.8 Å². The summed E-state index contributed by atoms with van der Waals surface area (Å²) in [5, 5.41) is 5.99. The third-order valence-electron chi connectivity index (χ3n) is 5.56. The average Bonchev–Trinajstić information content (AvgIpc) is 3.35. The molecule has 8 heteroatoms. The molecule has 184 valence electrons. The summed E-state index contributed by atoms with van der Waals surface area (Å²) in [7, 11) is 1.56. The molecule has 0 saturated heterocycles. The number of ether oxygens (including phenoxy) is 1. The summed E-state index contributed by atoms with van der Waals surface area (Å²) in [5.41, 5.74) is 2.92. The number of rotatable bonds is 8. The van der Waals surface area contributed by atoms with Crippen LogP contribution in [0.25, 0.3) is 10.2 Å². The molecular weight excluding hydrogens is 502 g/mol. The van der Waals surface area contributed by atoms with Gasteiger partial charge in [-0.15, -0.1) is 11.8 Å². The van der Waals surface area contributed by atoms with Crippen molar-refractivity contribution in [3.8, 4) is 5.75 Å². The topological polar surface area (TPSA) is 80.3 Å². The lowest BCUT2D eigenvalue weighted by molar-refractivity contribution is -0.115. The Hall–Kier alpha value is -4.14. The van der Waals surface area contributed by atoms with E-state index in [9.17, 15) is 9.59 Å². The molecular formula is C29H23N3O3S2. The van der Waals surface area contributed by atoms with Crippen molar-refractivity contribution in [2.45, 2.75) is 10.1 Å². The zero-order chi connectivity index (χ0) is 25.6. The van der Waals surface area contributed by atoms with E-state index < -0.39 is 5.25 Å². The smallest absolute Gasteiger partial charge is 0.255 e. The molecule has 0 aliphatic carbocycles. The van der Waals surface area contributed by atoms with Crippen LogP contribution in [0.1, 0.15) is 21.2 Å². The van der Waals surface area contributed by atoms with Gasteiger partial charge in [0.15, 0.2) is 5.13 Å². The van der Waals surface area contributed by atoms with Gasteiger partial charge in [-0.25, -0.2) is 4.98 Å². The van der Waals surface area contributed by atoms with Crippen molar-refractivity contribution in [1.29, 1.82) is 0 Å². The molecule has 0 saturated carbocycles. The second kappa shape index (κ2) is 11.3. The molecule has 0 aliphatic heterocycles. The molecule has 37 heavy (non-hydrogen) atoms. The van der Waals surface area contributed by atoms with E-state index in [1.807, 2.05) is 78.9 Å². The lowest BCUT2D eigenvalue weighted by atomic mass is 10.1. The predicted molar refractivity (Wildman–Crippen MR) is 151 cm³/mol. The number of hydrogen-bond acceptors (Lipinski definition) is 6. The number of fused-ring (bicyclic) bond motifs is 1. The third kappa shape index (κ3) is 5.99. The maximum atomic E-state index is 13.4. The standard InChI is InChI=1S/C29H23N3O3S2/c1-35-22-11-7-10-20(18-22)27(33)30-21-14-16-23(17-15-21)36-26(19-8-3-2-4-9-19)28(34)32-29-31-24-12-5-6-13-25(24)37-29/h2-18,26H,1H3,(H,30,33)(H,31,32,34). The SMILES string of the molecule is COc1cccc(C(=O)Nc2ccc(SC(C(=O)Nc3nc4ccccc4s3)c3ccccc3)cc2)c1. The summed E-state index contributed by atoms with van der Waals surface area (Å²) in [6.45, 7) is 0. The van der Waals surface area contributed by atoms with E-state index in [1.54, 1.807) is 31.4 Å². The third-order valence-corrected chi connectivity index (χ3v) is 7.78. The number of nitrogens with zero attached hydrogens (tertiary/aromatic N) is 1. The zero-order valence-electron chi connectivity index (χ0n) is 19.9. The largest absolute Gasteiger partial charge is 0.497 e. The summed E-state index contributed by atoms with van der Waals surface area (Å²) >= 11 is 2.89. The Balaban J connectivity index is 1.31. The van der Waals surface area contributed by atoms with Gasteiger partial charge in [-0.05, 0) is 60.2 Å². The Kier molecular flexibility index (Phi) is 7.49. The van der Waals surface area contributed by atoms with Crippen LogP contribution in [-0.4, -0.2) is 23.9 Å². The second-order valence-corrected chi connectivity index (χ2v) is 10.3. The van der Waals surface area contributed by atoms with Crippen molar-refractivity contribution in [2.24, 2.45) is 0 Å². The lowest BCUT2D eigenvalue weighted by Crippen LogP contribution is -2.18. The molecule has 6 nitrogen and oxygen atoms in total. The van der Waals surface area contributed by atoms with Crippen molar-refractivity contribution >= 4 is 55.9 Å². The first-order chi connectivity index (χ1) is 18.1. The Morgan fingerprint density at radius 3 is 2.38 bits per heavy atom. The molecule has 0 spiro atoms. The van der Waals surface area contributed by atoms with Gasteiger partial charge in [0.05, 0.1) is 17.3 Å². The van der Waals surface area contributed by atoms with Crippen molar-refractivity contribution in [3.63, 3.8) is 0 Å². The van der Waals surface area contributed by atoms with Crippen LogP contribution in [0.15, 0.2) is 108 Å². The molecule has 0 fully saturated rings. The van der Waals surface area contributed by atoms with E-state index in [1.165, 1.54) is 23.1 Å². The average molecular weight is 526 g/mol. The minimum atomic E-state index is -0.481. The van der Waals surface area contributed by atoms with Gasteiger partial charge in [0.25, 0.3) is 5.91 Å². The highest BCUT2D eigenvalue weighted by Crippen LogP contribution is 2.37. The fourth-order valence-corrected chi connectivity index (χ4v) is 5.61. The maximum Gasteiger partial charge on any atom is 0.255 e. The van der Waals surface area contributed by atoms with Crippen molar-refractivity contribution in [3.05, 3.63) is 114 Å². The van der Waals surface area contributed by atoms with E-state index in [4.69, 9.17) is 4.74 Å². The monoisotopic (exact) mass is 525 g/mol. The first-order valence-electron chi connectivity index (χ1n) is 11.5. The number of benzene rings is 4. The summed E-state index contributed by atoms with van der Waals surface area (Å²) in [6, 6.07) is 31.9. The van der Waals surface area contributed by atoms with Gasteiger partial charge < -0.3 is 15.4 Å².